The first-order valence-corrected chi connectivity index (χ1v) is 6.40. The topological polar surface area (TPSA) is 43.4 Å². The maximum atomic E-state index is 10.8. The number of ether oxygens (including phenoxy) is 1. The third-order valence-corrected chi connectivity index (χ3v) is 2.51. The predicted molar refractivity (Wildman–Crippen MR) is 64.3 cm³/mol. The fraction of sp³-hybridized carbons (Fsp3) is 0.846. The van der Waals surface area contributed by atoms with Gasteiger partial charge in [0.2, 0.25) is 0 Å². The standard InChI is InChI=1S/C13H24O3/c1-2-3-4-5-6-7-8-9-12-16-13(15)10-11-14/h11H,2-10,12H2,1H3. The van der Waals surface area contributed by atoms with Crippen molar-refractivity contribution in [1.82, 2.24) is 0 Å². The van der Waals surface area contributed by atoms with Crippen molar-refractivity contribution in [3.63, 3.8) is 0 Å². The summed E-state index contributed by atoms with van der Waals surface area (Å²) in [5.74, 6) is -0.405. The molecule has 94 valence electrons. The third kappa shape index (κ3) is 11.2. The van der Waals surface area contributed by atoms with Gasteiger partial charge in [0, 0.05) is 0 Å². The van der Waals surface area contributed by atoms with E-state index in [2.05, 4.69) is 6.92 Å². The Bertz CT molecular complexity index is 178. The number of hydrogen-bond donors (Lipinski definition) is 0. The van der Waals surface area contributed by atoms with Crippen molar-refractivity contribution < 1.29 is 14.3 Å². The molecule has 16 heavy (non-hydrogen) atoms. The van der Waals surface area contributed by atoms with E-state index in [9.17, 15) is 9.59 Å². The minimum atomic E-state index is -0.405. The second-order valence-corrected chi connectivity index (χ2v) is 4.07. The number of rotatable bonds is 11. The zero-order chi connectivity index (χ0) is 12.1. The number of hydrogen-bond acceptors (Lipinski definition) is 3. The first-order chi connectivity index (χ1) is 7.81. The predicted octanol–water partition coefficient (Wildman–Crippen LogP) is 3.26. The van der Waals surface area contributed by atoms with Crippen LogP contribution < -0.4 is 0 Å². The number of unbranched alkanes of at least 4 members (excludes halogenated alkanes) is 7. The average Bonchev–Trinajstić information content (AvgIpc) is 2.27. The normalized spacial score (nSPS) is 10.1. The van der Waals surface area contributed by atoms with Crippen LogP contribution >= 0.6 is 0 Å². The van der Waals surface area contributed by atoms with Crippen molar-refractivity contribution in [3.8, 4) is 0 Å². The van der Waals surface area contributed by atoms with Crippen molar-refractivity contribution in [3.05, 3.63) is 0 Å². The van der Waals surface area contributed by atoms with Gasteiger partial charge in [0.25, 0.3) is 0 Å². The second-order valence-electron chi connectivity index (χ2n) is 4.07. The molecule has 3 heteroatoms. The van der Waals surface area contributed by atoms with Crippen LogP contribution in [0.5, 0.6) is 0 Å². The molecule has 0 aliphatic rings. The van der Waals surface area contributed by atoms with Crippen molar-refractivity contribution in [1.29, 1.82) is 0 Å². The summed E-state index contributed by atoms with van der Waals surface area (Å²) in [5.41, 5.74) is 0. The van der Waals surface area contributed by atoms with Gasteiger partial charge in [-0.25, -0.2) is 0 Å². The molecular formula is C13H24O3. The Labute approximate surface area is 98.6 Å². The summed E-state index contributed by atoms with van der Waals surface area (Å²) in [5, 5.41) is 0. The molecule has 0 saturated carbocycles. The molecule has 0 saturated heterocycles. The van der Waals surface area contributed by atoms with Crippen LogP contribution in [0.15, 0.2) is 0 Å². The van der Waals surface area contributed by atoms with Crippen molar-refractivity contribution in [2.75, 3.05) is 6.61 Å². The van der Waals surface area contributed by atoms with E-state index in [-0.39, 0.29) is 6.42 Å². The second kappa shape index (κ2) is 12.2. The van der Waals surface area contributed by atoms with Gasteiger partial charge in [-0.2, -0.15) is 0 Å². The summed E-state index contributed by atoms with van der Waals surface area (Å²) >= 11 is 0. The van der Waals surface area contributed by atoms with Crippen LogP contribution in [0.4, 0.5) is 0 Å². The van der Waals surface area contributed by atoms with Crippen LogP contribution in [0.1, 0.15) is 64.7 Å². The molecule has 0 amide bonds. The molecule has 0 fully saturated rings. The lowest BCUT2D eigenvalue weighted by Crippen LogP contribution is -2.05. The molecule has 0 aliphatic heterocycles. The molecule has 0 aliphatic carbocycles. The molecule has 3 nitrogen and oxygen atoms in total. The van der Waals surface area contributed by atoms with Gasteiger partial charge >= 0.3 is 5.97 Å². The Hall–Kier alpha value is -0.860. The SMILES string of the molecule is CCCCCCCCCCOC(=O)CC=O. The van der Waals surface area contributed by atoms with Gasteiger partial charge in [0.05, 0.1) is 6.61 Å². The molecule has 0 N–H and O–H groups in total. The Balaban J connectivity index is 3.03. The molecule has 0 heterocycles. The molecule has 0 aromatic rings. The zero-order valence-electron chi connectivity index (χ0n) is 10.4. The van der Waals surface area contributed by atoms with Crippen molar-refractivity contribution in [2.45, 2.75) is 64.7 Å². The van der Waals surface area contributed by atoms with Gasteiger partial charge in [-0.15, -0.1) is 0 Å². The van der Waals surface area contributed by atoms with Gasteiger partial charge in [-0.3, -0.25) is 4.79 Å². The number of carbonyl (C=O) groups is 2. The first-order valence-electron chi connectivity index (χ1n) is 6.40. The van der Waals surface area contributed by atoms with E-state index in [0.717, 1.165) is 12.8 Å². The molecule has 0 unspecified atom stereocenters. The molecular weight excluding hydrogens is 204 g/mol. The monoisotopic (exact) mass is 228 g/mol. The van der Waals surface area contributed by atoms with Crippen LogP contribution in [0.25, 0.3) is 0 Å². The fourth-order valence-corrected chi connectivity index (χ4v) is 1.55. The summed E-state index contributed by atoms with van der Waals surface area (Å²) in [7, 11) is 0. The highest BCUT2D eigenvalue weighted by Crippen LogP contribution is 2.08. The molecule has 0 aromatic carbocycles. The molecule has 0 atom stereocenters. The summed E-state index contributed by atoms with van der Waals surface area (Å²) in [4.78, 5) is 20.8. The summed E-state index contributed by atoms with van der Waals surface area (Å²) in [6.07, 6.45) is 10.3. The molecule has 0 radical (unpaired) electrons. The van der Waals surface area contributed by atoms with E-state index in [4.69, 9.17) is 4.74 Å². The zero-order valence-corrected chi connectivity index (χ0v) is 10.4. The average molecular weight is 228 g/mol. The number of carbonyl (C=O) groups excluding carboxylic acids is 2. The van der Waals surface area contributed by atoms with Crippen LogP contribution in [0, 0.1) is 0 Å². The lowest BCUT2D eigenvalue weighted by molar-refractivity contribution is -0.144. The molecule has 0 spiro atoms. The molecule has 0 bridgehead atoms. The lowest BCUT2D eigenvalue weighted by Gasteiger charge is -2.03. The minimum absolute atomic E-state index is 0.114. The van der Waals surface area contributed by atoms with Crippen molar-refractivity contribution >= 4 is 12.3 Å². The maximum Gasteiger partial charge on any atom is 0.313 e. The van der Waals surface area contributed by atoms with Crippen LogP contribution in [0.2, 0.25) is 0 Å². The highest BCUT2D eigenvalue weighted by Gasteiger charge is 1.99. The van der Waals surface area contributed by atoms with E-state index < -0.39 is 5.97 Å². The Kier molecular flexibility index (Phi) is 11.6. The fourth-order valence-electron chi connectivity index (χ4n) is 1.55. The molecule has 0 rings (SSSR count). The van der Waals surface area contributed by atoms with Gasteiger partial charge in [-0.05, 0) is 6.42 Å². The van der Waals surface area contributed by atoms with E-state index in [1.165, 1.54) is 38.5 Å². The summed E-state index contributed by atoms with van der Waals surface area (Å²) in [6, 6.07) is 0. The van der Waals surface area contributed by atoms with Gasteiger partial charge in [0.1, 0.15) is 12.7 Å². The van der Waals surface area contributed by atoms with Crippen LogP contribution in [-0.4, -0.2) is 18.9 Å². The molecule has 0 aromatic heterocycles. The van der Waals surface area contributed by atoms with E-state index in [1.807, 2.05) is 0 Å². The van der Waals surface area contributed by atoms with E-state index in [0.29, 0.717) is 12.9 Å². The first kappa shape index (κ1) is 15.1. The van der Waals surface area contributed by atoms with Crippen LogP contribution in [-0.2, 0) is 14.3 Å². The van der Waals surface area contributed by atoms with E-state index in [1.54, 1.807) is 0 Å². The van der Waals surface area contributed by atoms with Gasteiger partial charge in [-0.1, -0.05) is 51.9 Å². The third-order valence-electron chi connectivity index (χ3n) is 2.51. The summed E-state index contributed by atoms with van der Waals surface area (Å²) in [6.45, 7) is 2.68. The highest BCUT2D eigenvalue weighted by molar-refractivity contribution is 5.83. The van der Waals surface area contributed by atoms with Gasteiger partial charge in [0.15, 0.2) is 0 Å². The van der Waals surface area contributed by atoms with E-state index >= 15 is 0 Å². The van der Waals surface area contributed by atoms with Crippen LogP contribution in [0.3, 0.4) is 0 Å². The largest absolute Gasteiger partial charge is 0.465 e. The van der Waals surface area contributed by atoms with Gasteiger partial charge < -0.3 is 9.53 Å². The van der Waals surface area contributed by atoms with Crippen molar-refractivity contribution in [2.24, 2.45) is 0 Å². The minimum Gasteiger partial charge on any atom is -0.465 e. The smallest absolute Gasteiger partial charge is 0.313 e. The lowest BCUT2D eigenvalue weighted by atomic mass is 10.1. The number of esters is 1. The maximum absolute atomic E-state index is 10.8. The quantitative estimate of drug-likeness (QED) is 0.236. The summed E-state index contributed by atoms with van der Waals surface area (Å²) < 4.78 is 4.86. The Morgan fingerprint density at radius 1 is 1.00 bits per heavy atom. The Morgan fingerprint density at radius 3 is 2.12 bits per heavy atom. The number of aldehydes is 1. The highest BCUT2D eigenvalue weighted by atomic mass is 16.5. The Morgan fingerprint density at radius 2 is 1.56 bits per heavy atom.